The predicted molar refractivity (Wildman–Crippen MR) is 68.9 cm³/mol. The number of hydrogen-bond donors (Lipinski definition) is 2. The van der Waals surface area contributed by atoms with Crippen LogP contribution in [0.3, 0.4) is 0 Å². The number of ether oxygens (including phenoxy) is 2. The molecule has 4 nitrogen and oxygen atoms in total. The molecule has 1 atom stereocenters. The van der Waals surface area contributed by atoms with Crippen LogP contribution >= 0.6 is 0 Å². The van der Waals surface area contributed by atoms with Crippen LogP contribution < -0.4 is 20.5 Å². The maximum Gasteiger partial charge on any atom is 0.163 e. The van der Waals surface area contributed by atoms with Crippen molar-refractivity contribution in [2.45, 2.75) is 13.8 Å². The van der Waals surface area contributed by atoms with Gasteiger partial charge in [-0.05, 0) is 31.0 Å². The molecule has 94 valence electrons. The summed E-state index contributed by atoms with van der Waals surface area (Å²) in [6.45, 7) is 7.00. The first-order valence-electron chi connectivity index (χ1n) is 6.05. The minimum Gasteiger partial charge on any atom is -0.486 e. The fraction of sp³-hybridized carbons (Fsp3) is 0.538. The van der Waals surface area contributed by atoms with E-state index in [1.165, 1.54) is 5.56 Å². The number of nitrogens with two attached hydrogens (primary N) is 1. The second-order valence-electron chi connectivity index (χ2n) is 4.53. The Morgan fingerprint density at radius 3 is 2.59 bits per heavy atom. The molecule has 0 bridgehead atoms. The van der Waals surface area contributed by atoms with Crippen molar-refractivity contribution in [2.75, 3.05) is 31.6 Å². The van der Waals surface area contributed by atoms with Gasteiger partial charge in [0.05, 0.1) is 0 Å². The first-order valence-corrected chi connectivity index (χ1v) is 6.05. The number of benzene rings is 1. The summed E-state index contributed by atoms with van der Waals surface area (Å²) in [5.41, 5.74) is 7.86. The highest BCUT2D eigenvalue weighted by atomic mass is 16.6. The van der Waals surface area contributed by atoms with Gasteiger partial charge in [-0.1, -0.05) is 6.92 Å². The predicted octanol–water partition coefficient (Wildman–Crippen LogP) is 1.77. The summed E-state index contributed by atoms with van der Waals surface area (Å²) in [6, 6.07) is 4.02. The number of aryl methyl sites for hydroxylation is 1. The van der Waals surface area contributed by atoms with Gasteiger partial charge in [0.15, 0.2) is 11.5 Å². The minimum absolute atomic E-state index is 0.461. The van der Waals surface area contributed by atoms with E-state index in [0.29, 0.717) is 25.7 Å². The molecule has 0 aromatic heterocycles. The van der Waals surface area contributed by atoms with Gasteiger partial charge in [0.1, 0.15) is 13.2 Å². The fourth-order valence-corrected chi connectivity index (χ4v) is 1.75. The van der Waals surface area contributed by atoms with Crippen LogP contribution in [0.1, 0.15) is 12.5 Å². The molecule has 4 heteroatoms. The molecule has 1 heterocycles. The molecule has 2 rings (SSSR count). The van der Waals surface area contributed by atoms with Gasteiger partial charge in [-0.25, -0.2) is 0 Å². The zero-order valence-electron chi connectivity index (χ0n) is 10.5. The third kappa shape index (κ3) is 2.82. The largest absolute Gasteiger partial charge is 0.486 e. The Balaban J connectivity index is 2.11. The third-order valence-electron chi connectivity index (χ3n) is 2.93. The topological polar surface area (TPSA) is 56.5 Å². The number of nitrogens with one attached hydrogen (secondary N) is 1. The van der Waals surface area contributed by atoms with E-state index >= 15 is 0 Å². The summed E-state index contributed by atoms with van der Waals surface area (Å²) in [6.07, 6.45) is 0. The first kappa shape index (κ1) is 12.0. The SMILES string of the molecule is Cc1cc2c(cc1NCC(C)CN)OCCO2. The maximum atomic E-state index is 5.60. The van der Waals surface area contributed by atoms with Crippen molar-refractivity contribution >= 4 is 5.69 Å². The lowest BCUT2D eigenvalue weighted by molar-refractivity contribution is 0.171. The molecule has 1 unspecified atom stereocenters. The van der Waals surface area contributed by atoms with E-state index in [2.05, 4.69) is 19.2 Å². The molecule has 3 N–H and O–H groups in total. The average molecular weight is 236 g/mol. The zero-order chi connectivity index (χ0) is 12.3. The smallest absolute Gasteiger partial charge is 0.163 e. The van der Waals surface area contributed by atoms with Gasteiger partial charge in [0.2, 0.25) is 0 Å². The molecule has 0 saturated heterocycles. The second kappa shape index (κ2) is 5.27. The fourth-order valence-electron chi connectivity index (χ4n) is 1.75. The molecule has 17 heavy (non-hydrogen) atoms. The van der Waals surface area contributed by atoms with Gasteiger partial charge in [-0.3, -0.25) is 0 Å². The molecular formula is C13H20N2O2. The Labute approximate surface area is 102 Å². The van der Waals surface area contributed by atoms with Crippen LogP contribution in [0.2, 0.25) is 0 Å². The lowest BCUT2D eigenvalue weighted by Gasteiger charge is -2.21. The van der Waals surface area contributed by atoms with Crippen LogP contribution in [0.25, 0.3) is 0 Å². The lowest BCUT2D eigenvalue weighted by Crippen LogP contribution is -2.20. The number of anilines is 1. The molecule has 0 aliphatic carbocycles. The quantitative estimate of drug-likeness (QED) is 0.836. The molecule has 1 aromatic carbocycles. The highest BCUT2D eigenvalue weighted by Crippen LogP contribution is 2.35. The van der Waals surface area contributed by atoms with Crippen molar-refractivity contribution in [3.63, 3.8) is 0 Å². The Morgan fingerprint density at radius 2 is 1.94 bits per heavy atom. The van der Waals surface area contributed by atoms with Gasteiger partial charge < -0.3 is 20.5 Å². The van der Waals surface area contributed by atoms with Crippen molar-refractivity contribution in [3.05, 3.63) is 17.7 Å². The number of fused-ring (bicyclic) bond motifs is 1. The van der Waals surface area contributed by atoms with Crippen molar-refractivity contribution in [1.82, 2.24) is 0 Å². The van der Waals surface area contributed by atoms with Crippen LogP contribution in [0.15, 0.2) is 12.1 Å². The van der Waals surface area contributed by atoms with Crippen LogP contribution in [0.4, 0.5) is 5.69 Å². The highest BCUT2D eigenvalue weighted by molar-refractivity contribution is 5.60. The molecule has 1 aliphatic heterocycles. The van der Waals surface area contributed by atoms with Gasteiger partial charge in [-0.15, -0.1) is 0 Å². The molecule has 0 radical (unpaired) electrons. The van der Waals surface area contributed by atoms with E-state index in [-0.39, 0.29) is 0 Å². The van der Waals surface area contributed by atoms with Crippen LogP contribution in [-0.4, -0.2) is 26.3 Å². The molecule has 1 aromatic rings. The van der Waals surface area contributed by atoms with Crippen molar-refractivity contribution < 1.29 is 9.47 Å². The number of hydrogen-bond acceptors (Lipinski definition) is 4. The summed E-state index contributed by atoms with van der Waals surface area (Å²) in [7, 11) is 0. The average Bonchev–Trinajstić information content (AvgIpc) is 2.35. The summed E-state index contributed by atoms with van der Waals surface area (Å²) in [5.74, 6) is 2.12. The summed E-state index contributed by atoms with van der Waals surface area (Å²) in [5, 5.41) is 3.40. The number of rotatable bonds is 4. The van der Waals surface area contributed by atoms with E-state index in [0.717, 1.165) is 23.7 Å². The molecule has 0 fully saturated rings. The van der Waals surface area contributed by atoms with Gasteiger partial charge >= 0.3 is 0 Å². The maximum absolute atomic E-state index is 5.60. The Morgan fingerprint density at radius 1 is 1.29 bits per heavy atom. The van der Waals surface area contributed by atoms with Crippen LogP contribution in [-0.2, 0) is 0 Å². The van der Waals surface area contributed by atoms with Crippen molar-refractivity contribution in [3.8, 4) is 11.5 Å². The molecule has 0 spiro atoms. The van der Waals surface area contributed by atoms with Gasteiger partial charge in [0.25, 0.3) is 0 Å². The van der Waals surface area contributed by atoms with E-state index < -0.39 is 0 Å². The van der Waals surface area contributed by atoms with Crippen molar-refractivity contribution in [1.29, 1.82) is 0 Å². The van der Waals surface area contributed by atoms with Gasteiger partial charge in [-0.2, -0.15) is 0 Å². The summed E-state index contributed by atoms with van der Waals surface area (Å²) >= 11 is 0. The van der Waals surface area contributed by atoms with E-state index in [9.17, 15) is 0 Å². The molecule has 1 aliphatic rings. The normalized spacial score (nSPS) is 15.5. The van der Waals surface area contributed by atoms with Crippen LogP contribution in [0.5, 0.6) is 11.5 Å². The van der Waals surface area contributed by atoms with E-state index in [1.807, 2.05) is 12.1 Å². The van der Waals surface area contributed by atoms with Crippen molar-refractivity contribution in [2.24, 2.45) is 11.7 Å². The summed E-state index contributed by atoms with van der Waals surface area (Å²) < 4.78 is 11.1. The minimum atomic E-state index is 0.461. The zero-order valence-corrected chi connectivity index (χ0v) is 10.5. The molecule has 0 saturated carbocycles. The Bertz CT molecular complexity index is 393. The van der Waals surface area contributed by atoms with E-state index in [1.54, 1.807) is 0 Å². The second-order valence-corrected chi connectivity index (χ2v) is 4.53. The monoisotopic (exact) mass is 236 g/mol. The van der Waals surface area contributed by atoms with Crippen LogP contribution in [0, 0.1) is 12.8 Å². The third-order valence-corrected chi connectivity index (χ3v) is 2.93. The molecule has 0 amide bonds. The standard InChI is InChI=1S/C13H20N2O2/c1-9(7-14)8-15-11-6-13-12(5-10(11)2)16-3-4-17-13/h5-6,9,15H,3-4,7-8,14H2,1-2H3. The van der Waals surface area contributed by atoms with Gasteiger partial charge in [0, 0.05) is 18.3 Å². The van der Waals surface area contributed by atoms with E-state index in [4.69, 9.17) is 15.2 Å². The Kier molecular flexibility index (Phi) is 3.74. The first-order chi connectivity index (χ1) is 8.20. The molecular weight excluding hydrogens is 216 g/mol. The summed E-state index contributed by atoms with van der Waals surface area (Å²) in [4.78, 5) is 0. The lowest BCUT2D eigenvalue weighted by atomic mass is 10.1. The highest BCUT2D eigenvalue weighted by Gasteiger charge is 2.14. The Hall–Kier alpha value is -1.42.